The number of Topliss-reactive ketones (excluding diaryl/α,β-unsaturated/α-hetero) is 1. The van der Waals surface area contributed by atoms with Gasteiger partial charge in [-0.05, 0) is 29.8 Å². The van der Waals surface area contributed by atoms with E-state index in [-0.39, 0.29) is 24.5 Å². The fraction of sp³-hybridized carbons (Fsp3) is 0.182. The second-order valence-electron chi connectivity index (χ2n) is 6.24. The van der Waals surface area contributed by atoms with Gasteiger partial charge in [0.05, 0.1) is 12.8 Å². The average molecular weight is 426 g/mol. The third-order valence-corrected chi connectivity index (χ3v) is 4.76. The number of hydrogen-bond donors (Lipinski definition) is 0. The van der Waals surface area contributed by atoms with Gasteiger partial charge in [0.1, 0.15) is 5.76 Å². The molecule has 27 heavy (non-hydrogen) atoms. The summed E-state index contributed by atoms with van der Waals surface area (Å²) in [6.45, 7) is 0.861. The van der Waals surface area contributed by atoms with E-state index in [9.17, 15) is 9.59 Å². The maximum Gasteiger partial charge on any atom is 0.223 e. The van der Waals surface area contributed by atoms with Crippen molar-refractivity contribution in [3.63, 3.8) is 0 Å². The number of carbonyl (C=O) groups is 2. The fourth-order valence-corrected chi connectivity index (χ4v) is 3.05. The van der Waals surface area contributed by atoms with E-state index in [1.165, 1.54) is 0 Å². The van der Waals surface area contributed by atoms with Crippen LogP contribution in [0.2, 0.25) is 0 Å². The lowest BCUT2D eigenvalue weighted by Gasteiger charge is -2.22. The number of carbonyl (C=O) groups excluding carboxylic acids is 2. The van der Waals surface area contributed by atoms with E-state index >= 15 is 0 Å². The van der Waals surface area contributed by atoms with Gasteiger partial charge in [-0.25, -0.2) is 0 Å². The monoisotopic (exact) mass is 425 g/mol. The van der Waals surface area contributed by atoms with Crippen molar-refractivity contribution in [3.8, 4) is 0 Å². The molecule has 2 aromatic carbocycles. The molecule has 0 aliphatic heterocycles. The highest BCUT2D eigenvalue weighted by Crippen LogP contribution is 2.15. The predicted molar refractivity (Wildman–Crippen MR) is 107 cm³/mol. The zero-order valence-electron chi connectivity index (χ0n) is 14.8. The molecule has 5 heteroatoms. The first-order valence-corrected chi connectivity index (χ1v) is 9.54. The number of rotatable bonds is 8. The third kappa shape index (κ3) is 5.66. The van der Waals surface area contributed by atoms with Gasteiger partial charge in [0.15, 0.2) is 5.78 Å². The van der Waals surface area contributed by atoms with E-state index in [0.29, 0.717) is 18.7 Å². The van der Waals surface area contributed by atoms with Crippen LogP contribution in [0.25, 0.3) is 0 Å². The smallest absolute Gasteiger partial charge is 0.223 e. The third-order valence-electron chi connectivity index (χ3n) is 4.23. The van der Waals surface area contributed by atoms with Crippen molar-refractivity contribution < 1.29 is 14.0 Å². The van der Waals surface area contributed by atoms with E-state index in [0.717, 1.165) is 15.8 Å². The first-order valence-electron chi connectivity index (χ1n) is 8.74. The Morgan fingerprint density at radius 2 is 1.59 bits per heavy atom. The molecule has 0 unspecified atom stereocenters. The Balaban J connectivity index is 1.64. The summed E-state index contributed by atoms with van der Waals surface area (Å²) in [6, 6.07) is 20.6. The molecule has 1 amide bonds. The number of ketones is 1. The summed E-state index contributed by atoms with van der Waals surface area (Å²) in [4.78, 5) is 26.9. The number of furan rings is 1. The molecule has 0 N–H and O–H groups in total. The lowest BCUT2D eigenvalue weighted by molar-refractivity contribution is -0.132. The molecule has 0 atom stereocenters. The van der Waals surface area contributed by atoms with Gasteiger partial charge in [-0.3, -0.25) is 9.59 Å². The van der Waals surface area contributed by atoms with Crippen LogP contribution >= 0.6 is 15.9 Å². The van der Waals surface area contributed by atoms with Gasteiger partial charge in [-0.15, -0.1) is 0 Å². The van der Waals surface area contributed by atoms with Crippen LogP contribution < -0.4 is 0 Å². The van der Waals surface area contributed by atoms with Crippen LogP contribution in [0.4, 0.5) is 0 Å². The first-order chi connectivity index (χ1) is 13.1. The van der Waals surface area contributed by atoms with E-state index in [1.807, 2.05) is 48.5 Å². The molecular weight excluding hydrogens is 406 g/mol. The van der Waals surface area contributed by atoms with Gasteiger partial charge in [-0.1, -0.05) is 58.4 Å². The van der Waals surface area contributed by atoms with Crippen molar-refractivity contribution in [1.82, 2.24) is 4.90 Å². The van der Waals surface area contributed by atoms with Gasteiger partial charge in [0, 0.05) is 29.4 Å². The highest BCUT2D eigenvalue weighted by molar-refractivity contribution is 9.10. The molecule has 1 heterocycles. The van der Waals surface area contributed by atoms with Crippen molar-refractivity contribution >= 4 is 27.6 Å². The molecule has 0 fully saturated rings. The van der Waals surface area contributed by atoms with Crippen LogP contribution in [0, 0.1) is 0 Å². The Kier molecular flexibility index (Phi) is 6.60. The van der Waals surface area contributed by atoms with E-state index in [1.54, 1.807) is 29.4 Å². The summed E-state index contributed by atoms with van der Waals surface area (Å²) < 4.78 is 6.31. The second-order valence-corrected chi connectivity index (χ2v) is 7.16. The van der Waals surface area contributed by atoms with Gasteiger partial charge >= 0.3 is 0 Å². The van der Waals surface area contributed by atoms with E-state index in [2.05, 4.69) is 15.9 Å². The summed E-state index contributed by atoms with van der Waals surface area (Å²) in [7, 11) is 0. The molecule has 4 nitrogen and oxygen atoms in total. The van der Waals surface area contributed by atoms with Crippen molar-refractivity contribution in [1.29, 1.82) is 0 Å². The van der Waals surface area contributed by atoms with Crippen molar-refractivity contribution in [2.75, 3.05) is 0 Å². The average Bonchev–Trinajstić information content (AvgIpc) is 3.20. The normalized spacial score (nSPS) is 10.6. The molecule has 138 valence electrons. The van der Waals surface area contributed by atoms with Crippen LogP contribution in [-0.4, -0.2) is 16.6 Å². The zero-order valence-corrected chi connectivity index (χ0v) is 16.4. The molecular formula is C22H20BrNO3. The van der Waals surface area contributed by atoms with Crippen LogP contribution in [0.15, 0.2) is 81.9 Å². The number of halogens is 1. The molecule has 0 aliphatic rings. The van der Waals surface area contributed by atoms with Crippen molar-refractivity contribution in [2.24, 2.45) is 0 Å². The van der Waals surface area contributed by atoms with Crippen LogP contribution in [-0.2, 0) is 17.9 Å². The Morgan fingerprint density at radius 1 is 0.852 bits per heavy atom. The van der Waals surface area contributed by atoms with Crippen LogP contribution in [0.3, 0.4) is 0 Å². The van der Waals surface area contributed by atoms with Crippen LogP contribution in [0.5, 0.6) is 0 Å². The minimum Gasteiger partial charge on any atom is -0.467 e. The minimum atomic E-state index is -0.0688. The Morgan fingerprint density at radius 3 is 2.26 bits per heavy atom. The zero-order chi connectivity index (χ0) is 19.1. The van der Waals surface area contributed by atoms with Gasteiger partial charge in [0.25, 0.3) is 0 Å². The number of amides is 1. The topological polar surface area (TPSA) is 50.5 Å². The molecule has 0 saturated carbocycles. The maximum absolute atomic E-state index is 12.8. The summed E-state index contributed by atoms with van der Waals surface area (Å²) in [5.41, 5.74) is 1.66. The molecule has 0 spiro atoms. The summed E-state index contributed by atoms with van der Waals surface area (Å²) in [5, 5.41) is 0. The van der Waals surface area contributed by atoms with Crippen LogP contribution in [0.1, 0.15) is 34.5 Å². The van der Waals surface area contributed by atoms with Crippen molar-refractivity contribution in [2.45, 2.75) is 25.9 Å². The lowest BCUT2D eigenvalue weighted by atomic mass is 10.1. The summed E-state index contributed by atoms with van der Waals surface area (Å²) in [6.07, 6.45) is 1.95. The van der Waals surface area contributed by atoms with Gasteiger partial charge < -0.3 is 9.32 Å². The molecule has 0 bridgehead atoms. The lowest BCUT2D eigenvalue weighted by Crippen LogP contribution is -2.30. The standard InChI is InChI=1S/C22H20BrNO3/c23-19-10-8-18(9-11-19)21(25)12-13-22(26)24(16-20-7-4-14-27-20)15-17-5-2-1-3-6-17/h1-11,14H,12-13,15-16H2. The van der Waals surface area contributed by atoms with E-state index < -0.39 is 0 Å². The number of hydrogen-bond acceptors (Lipinski definition) is 3. The minimum absolute atomic E-state index is 0.0338. The highest BCUT2D eigenvalue weighted by atomic mass is 79.9. The fourth-order valence-electron chi connectivity index (χ4n) is 2.79. The molecule has 3 rings (SSSR count). The second kappa shape index (κ2) is 9.33. The molecule has 1 aromatic heterocycles. The Hall–Kier alpha value is -2.66. The van der Waals surface area contributed by atoms with Gasteiger partial charge in [-0.2, -0.15) is 0 Å². The molecule has 3 aromatic rings. The predicted octanol–water partition coefficient (Wildman–Crippen LogP) is 5.23. The number of benzene rings is 2. The first kappa shape index (κ1) is 19.1. The summed E-state index contributed by atoms with van der Waals surface area (Å²) >= 11 is 3.35. The van der Waals surface area contributed by atoms with E-state index in [4.69, 9.17) is 4.42 Å². The Labute approximate surface area is 166 Å². The maximum atomic E-state index is 12.8. The summed E-state index contributed by atoms with van der Waals surface area (Å²) in [5.74, 6) is 0.618. The number of nitrogens with zero attached hydrogens (tertiary/aromatic N) is 1. The highest BCUT2D eigenvalue weighted by Gasteiger charge is 2.18. The molecule has 0 radical (unpaired) electrons. The molecule has 0 saturated heterocycles. The molecule has 0 aliphatic carbocycles. The SMILES string of the molecule is O=C(CCC(=O)N(Cc1ccccc1)Cc1ccco1)c1ccc(Br)cc1. The Bertz CT molecular complexity index is 874. The largest absolute Gasteiger partial charge is 0.467 e. The quantitative estimate of drug-likeness (QED) is 0.464. The van der Waals surface area contributed by atoms with Crippen molar-refractivity contribution in [3.05, 3.63) is 94.4 Å². The van der Waals surface area contributed by atoms with Gasteiger partial charge in [0.2, 0.25) is 5.91 Å².